The zero-order chi connectivity index (χ0) is 17.2. The Bertz CT molecular complexity index is 849. The van der Waals surface area contributed by atoms with Crippen molar-refractivity contribution in [3.05, 3.63) is 102 Å². The van der Waals surface area contributed by atoms with Crippen LogP contribution in [-0.4, -0.2) is 15.8 Å². The Morgan fingerprint density at radius 1 is 0.880 bits per heavy atom. The van der Waals surface area contributed by atoms with Gasteiger partial charge in [0, 0.05) is 6.20 Å². The van der Waals surface area contributed by atoms with Crippen molar-refractivity contribution >= 4 is 5.91 Å². The summed E-state index contributed by atoms with van der Waals surface area (Å²) in [6.45, 7) is 2.09. The lowest BCUT2D eigenvalue weighted by molar-refractivity contribution is -0.154. The third-order valence-electron chi connectivity index (χ3n) is 4.98. The molecule has 1 saturated heterocycles. The standard InChI is InChI=1S/C22H20N2O/c1-16(17-10-4-2-5-11-17)24-21(19-14-8-9-15-23-19)20(22(24)25)18-12-6-3-7-13-18/h2-16,20-21H,1H3. The van der Waals surface area contributed by atoms with Gasteiger partial charge in [0.1, 0.15) is 0 Å². The number of hydrogen-bond acceptors (Lipinski definition) is 2. The highest BCUT2D eigenvalue weighted by Crippen LogP contribution is 2.49. The number of benzene rings is 2. The molecule has 1 aliphatic rings. The topological polar surface area (TPSA) is 33.2 Å². The van der Waals surface area contributed by atoms with E-state index in [4.69, 9.17) is 0 Å². The molecule has 3 nitrogen and oxygen atoms in total. The lowest BCUT2D eigenvalue weighted by atomic mass is 9.78. The fourth-order valence-electron chi connectivity index (χ4n) is 3.68. The molecular weight excluding hydrogens is 308 g/mol. The Balaban J connectivity index is 1.73. The second-order valence-corrected chi connectivity index (χ2v) is 6.42. The maximum absolute atomic E-state index is 13.1. The number of rotatable bonds is 4. The average molecular weight is 328 g/mol. The van der Waals surface area contributed by atoms with E-state index in [1.807, 2.05) is 71.6 Å². The summed E-state index contributed by atoms with van der Waals surface area (Å²) >= 11 is 0. The van der Waals surface area contributed by atoms with Crippen LogP contribution in [0.15, 0.2) is 85.1 Å². The lowest BCUT2D eigenvalue weighted by Crippen LogP contribution is -2.54. The first-order valence-electron chi connectivity index (χ1n) is 8.60. The maximum Gasteiger partial charge on any atom is 0.233 e. The maximum atomic E-state index is 13.1. The summed E-state index contributed by atoms with van der Waals surface area (Å²) in [5.41, 5.74) is 3.14. The summed E-state index contributed by atoms with van der Waals surface area (Å²) in [6, 6.07) is 26.1. The lowest BCUT2D eigenvalue weighted by Gasteiger charge is -2.50. The van der Waals surface area contributed by atoms with Crippen LogP contribution in [0.2, 0.25) is 0 Å². The molecule has 0 N–H and O–H groups in total. The van der Waals surface area contributed by atoms with Gasteiger partial charge in [-0.25, -0.2) is 0 Å². The van der Waals surface area contributed by atoms with E-state index >= 15 is 0 Å². The quantitative estimate of drug-likeness (QED) is 0.660. The van der Waals surface area contributed by atoms with Crippen LogP contribution in [0.3, 0.4) is 0 Å². The van der Waals surface area contributed by atoms with Gasteiger partial charge < -0.3 is 4.90 Å². The molecule has 1 aliphatic heterocycles. The molecule has 2 heterocycles. The molecular formula is C22H20N2O. The van der Waals surface area contributed by atoms with Gasteiger partial charge in [0.15, 0.2) is 0 Å². The number of β-lactam (4-membered cyclic amide) rings is 1. The molecule has 3 aromatic rings. The van der Waals surface area contributed by atoms with Crippen LogP contribution in [0.1, 0.15) is 41.7 Å². The van der Waals surface area contributed by atoms with E-state index < -0.39 is 0 Å². The Hall–Kier alpha value is -2.94. The van der Waals surface area contributed by atoms with E-state index in [2.05, 4.69) is 24.0 Å². The van der Waals surface area contributed by atoms with Crippen molar-refractivity contribution < 1.29 is 4.79 Å². The number of nitrogens with zero attached hydrogens (tertiary/aromatic N) is 2. The zero-order valence-electron chi connectivity index (χ0n) is 14.1. The fourth-order valence-corrected chi connectivity index (χ4v) is 3.68. The molecule has 0 spiro atoms. The van der Waals surface area contributed by atoms with Crippen LogP contribution in [0.4, 0.5) is 0 Å². The predicted molar refractivity (Wildman–Crippen MR) is 97.9 cm³/mol. The van der Waals surface area contributed by atoms with Crippen molar-refractivity contribution in [3.63, 3.8) is 0 Å². The Labute approximate surface area is 148 Å². The number of amides is 1. The van der Waals surface area contributed by atoms with Crippen LogP contribution >= 0.6 is 0 Å². The van der Waals surface area contributed by atoms with Gasteiger partial charge in [0.05, 0.1) is 23.7 Å². The average Bonchev–Trinajstić information content (AvgIpc) is 2.68. The molecule has 3 atom stereocenters. The summed E-state index contributed by atoms with van der Waals surface area (Å²) < 4.78 is 0. The van der Waals surface area contributed by atoms with Crippen molar-refractivity contribution in [1.29, 1.82) is 0 Å². The SMILES string of the molecule is CC(c1ccccc1)N1C(=O)C(c2ccccc2)C1c1ccccn1. The van der Waals surface area contributed by atoms with Gasteiger partial charge in [-0.3, -0.25) is 9.78 Å². The second-order valence-electron chi connectivity index (χ2n) is 6.42. The van der Waals surface area contributed by atoms with Crippen molar-refractivity contribution in [2.75, 3.05) is 0 Å². The highest BCUT2D eigenvalue weighted by Gasteiger charge is 2.51. The van der Waals surface area contributed by atoms with Crippen molar-refractivity contribution in [2.24, 2.45) is 0 Å². The molecule has 0 aliphatic carbocycles. The van der Waals surface area contributed by atoms with E-state index in [0.717, 1.165) is 16.8 Å². The van der Waals surface area contributed by atoms with E-state index in [1.54, 1.807) is 6.20 Å². The van der Waals surface area contributed by atoms with Crippen LogP contribution in [0.25, 0.3) is 0 Å². The summed E-state index contributed by atoms with van der Waals surface area (Å²) in [4.78, 5) is 19.6. The molecule has 0 radical (unpaired) electrons. The third kappa shape index (κ3) is 2.72. The molecule has 124 valence electrons. The predicted octanol–water partition coefficient (Wildman–Crippen LogP) is 4.51. The Morgan fingerprint density at radius 3 is 2.16 bits per heavy atom. The van der Waals surface area contributed by atoms with Crippen LogP contribution in [0.5, 0.6) is 0 Å². The van der Waals surface area contributed by atoms with E-state index in [0.29, 0.717) is 0 Å². The minimum atomic E-state index is -0.165. The monoisotopic (exact) mass is 328 g/mol. The first-order chi connectivity index (χ1) is 12.3. The van der Waals surface area contributed by atoms with E-state index in [9.17, 15) is 4.79 Å². The molecule has 0 bridgehead atoms. The van der Waals surface area contributed by atoms with Crippen molar-refractivity contribution in [3.8, 4) is 0 Å². The van der Waals surface area contributed by atoms with E-state index in [1.165, 1.54) is 0 Å². The van der Waals surface area contributed by atoms with Gasteiger partial charge in [-0.15, -0.1) is 0 Å². The number of carbonyl (C=O) groups is 1. The first kappa shape index (κ1) is 15.6. The van der Waals surface area contributed by atoms with Gasteiger partial charge in [0.25, 0.3) is 0 Å². The van der Waals surface area contributed by atoms with Crippen molar-refractivity contribution in [1.82, 2.24) is 9.88 Å². The fraction of sp³-hybridized carbons (Fsp3) is 0.182. The molecule has 25 heavy (non-hydrogen) atoms. The Kier molecular flexibility index (Phi) is 4.06. The first-order valence-corrected chi connectivity index (χ1v) is 8.60. The van der Waals surface area contributed by atoms with Crippen LogP contribution in [-0.2, 0) is 4.79 Å². The van der Waals surface area contributed by atoms with Gasteiger partial charge in [0.2, 0.25) is 5.91 Å². The second kappa shape index (κ2) is 6.52. The third-order valence-corrected chi connectivity index (χ3v) is 4.98. The van der Waals surface area contributed by atoms with Crippen molar-refractivity contribution in [2.45, 2.75) is 24.9 Å². The molecule has 2 aromatic carbocycles. The number of aromatic nitrogens is 1. The molecule has 3 heteroatoms. The number of pyridine rings is 1. The van der Waals surface area contributed by atoms with Crippen LogP contribution in [0, 0.1) is 0 Å². The van der Waals surface area contributed by atoms with Gasteiger partial charge in [-0.1, -0.05) is 66.7 Å². The summed E-state index contributed by atoms with van der Waals surface area (Å²) in [7, 11) is 0. The largest absolute Gasteiger partial charge is 0.326 e. The molecule has 3 unspecified atom stereocenters. The summed E-state index contributed by atoms with van der Waals surface area (Å²) in [5, 5.41) is 0. The molecule has 1 fully saturated rings. The van der Waals surface area contributed by atoms with Gasteiger partial charge in [-0.05, 0) is 30.2 Å². The highest BCUT2D eigenvalue weighted by atomic mass is 16.2. The minimum absolute atomic E-state index is 0.0145. The number of carbonyl (C=O) groups excluding carboxylic acids is 1. The molecule has 0 saturated carbocycles. The minimum Gasteiger partial charge on any atom is -0.326 e. The molecule has 1 amide bonds. The summed E-state index contributed by atoms with van der Waals surface area (Å²) in [5.74, 6) is 0.000434. The number of hydrogen-bond donors (Lipinski definition) is 0. The normalized spacial score (nSPS) is 20.8. The Morgan fingerprint density at radius 2 is 1.52 bits per heavy atom. The number of likely N-dealkylation sites (tertiary alicyclic amines) is 1. The summed E-state index contributed by atoms with van der Waals surface area (Å²) in [6.07, 6.45) is 1.80. The van der Waals surface area contributed by atoms with Crippen LogP contribution < -0.4 is 0 Å². The zero-order valence-corrected chi connectivity index (χ0v) is 14.1. The molecule has 4 rings (SSSR count). The molecule has 1 aromatic heterocycles. The smallest absolute Gasteiger partial charge is 0.233 e. The highest BCUT2D eigenvalue weighted by molar-refractivity contribution is 5.91. The van der Waals surface area contributed by atoms with E-state index in [-0.39, 0.29) is 23.9 Å². The van der Waals surface area contributed by atoms with Gasteiger partial charge >= 0.3 is 0 Å². The van der Waals surface area contributed by atoms with Gasteiger partial charge in [-0.2, -0.15) is 0 Å².